The molecule has 0 fully saturated rings. The maximum Gasteiger partial charge on any atom is 0.0476 e. The lowest BCUT2D eigenvalue weighted by Gasteiger charge is -2.26. The first-order chi connectivity index (χ1) is 29.7. The van der Waals surface area contributed by atoms with Gasteiger partial charge in [0.2, 0.25) is 0 Å². The third-order valence-corrected chi connectivity index (χ3v) is 12.8. The zero-order chi connectivity index (χ0) is 39.8. The van der Waals surface area contributed by atoms with E-state index in [2.05, 4.69) is 241 Å². The Morgan fingerprint density at radius 2 is 0.733 bits per heavy atom. The minimum atomic E-state index is 1.10. The number of hydrogen-bond donors (Lipinski definition) is 0. The second kappa shape index (κ2) is 15.3. The third kappa shape index (κ3) is 6.73. The van der Waals surface area contributed by atoms with Crippen molar-refractivity contribution in [3.8, 4) is 55.6 Å². The van der Waals surface area contributed by atoms with Gasteiger partial charge >= 0.3 is 0 Å². The number of benzene rings is 10. The van der Waals surface area contributed by atoms with Crippen molar-refractivity contribution in [2.75, 3.05) is 4.90 Å². The highest BCUT2D eigenvalue weighted by molar-refractivity contribution is 7.25. The summed E-state index contributed by atoms with van der Waals surface area (Å²) in [5, 5.41) is 5.11. The lowest BCUT2D eigenvalue weighted by atomic mass is 9.93. The molecule has 10 aromatic carbocycles. The third-order valence-electron chi connectivity index (χ3n) is 11.6. The normalized spacial score (nSPS) is 11.3. The molecular formula is C58H39NS. The molecule has 1 heterocycles. The fourth-order valence-electron chi connectivity index (χ4n) is 8.66. The van der Waals surface area contributed by atoms with Crippen molar-refractivity contribution in [3.63, 3.8) is 0 Å². The minimum Gasteiger partial charge on any atom is -0.310 e. The predicted octanol–water partition coefficient (Wildman–Crippen LogP) is 17.0. The Balaban J connectivity index is 1.02. The summed E-state index contributed by atoms with van der Waals surface area (Å²) in [7, 11) is 0. The Morgan fingerprint density at radius 1 is 0.250 bits per heavy atom. The summed E-state index contributed by atoms with van der Waals surface area (Å²) < 4.78 is 2.58. The Morgan fingerprint density at radius 3 is 1.47 bits per heavy atom. The minimum absolute atomic E-state index is 1.10. The van der Waals surface area contributed by atoms with Crippen LogP contribution in [-0.2, 0) is 0 Å². The number of hydrogen-bond acceptors (Lipinski definition) is 2. The number of rotatable bonds is 8. The van der Waals surface area contributed by atoms with E-state index in [1.165, 1.54) is 86.6 Å². The van der Waals surface area contributed by atoms with Crippen molar-refractivity contribution >= 4 is 59.3 Å². The fraction of sp³-hybridized carbons (Fsp3) is 0. The molecule has 282 valence electrons. The molecule has 0 unspecified atom stereocenters. The van der Waals surface area contributed by atoms with Gasteiger partial charge in [0.15, 0.2) is 0 Å². The van der Waals surface area contributed by atoms with Crippen LogP contribution in [0, 0.1) is 0 Å². The van der Waals surface area contributed by atoms with E-state index in [4.69, 9.17) is 0 Å². The topological polar surface area (TPSA) is 3.24 Å². The summed E-state index contributed by atoms with van der Waals surface area (Å²) in [5.41, 5.74) is 15.3. The summed E-state index contributed by atoms with van der Waals surface area (Å²) in [6.45, 7) is 0. The molecule has 0 aliphatic rings. The van der Waals surface area contributed by atoms with Crippen molar-refractivity contribution in [1.82, 2.24) is 0 Å². The van der Waals surface area contributed by atoms with Crippen LogP contribution in [0.15, 0.2) is 237 Å². The van der Waals surface area contributed by atoms with Crippen LogP contribution in [0.1, 0.15) is 0 Å². The van der Waals surface area contributed by atoms with E-state index >= 15 is 0 Å². The molecule has 0 atom stereocenters. The Bertz CT molecular complexity index is 3250. The highest BCUT2D eigenvalue weighted by Gasteiger charge is 2.17. The largest absolute Gasteiger partial charge is 0.310 e. The maximum absolute atomic E-state index is 2.40. The predicted molar refractivity (Wildman–Crippen MR) is 259 cm³/mol. The van der Waals surface area contributed by atoms with E-state index in [1.54, 1.807) is 0 Å². The summed E-state index contributed by atoms with van der Waals surface area (Å²) in [4.78, 5) is 2.40. The van der Waals surface area contributed by atoms with Gasteiger partial charge in [0, 0.05) is 37.2 Å². The van der Waals surface area contributed by atoms with E-state index in [0.29, 0.717) is 0 Å². The van der Waals surface area contributed by atoms with Gasteiger partial charge in [-0.2, -0.15) is 0 Å². The summed E-state index contributed by atoms with van der Waals surface area (Å²) in [6, 6.07) is 86.2. The van der Waals surface area contributed by atoms with Crippen LogP contribution in [0.2, 0.25) is 0 Å². The first-order valence-electron chi connectivity index (χ1n) is 20.5. The molecule has 1 aromatic heterocycles. The molecule has 0 bridgehead atoms. The van der Waals surface area contributed by atoms with E-state index in [0.717, 1.165) is 17.1 Å². The number of fused-ring (bicyclic) bond motifs is 4. The SMILES string of the molecule is c1ccc(-c2cc(-c3ccccc3)cc(-c3ccc(N(c4cccc(-c5cccc(-c6cccc7ccccc67)c5)c4)c4ccc5c(c4)sc4ccccc45)cc3)c2)cc1. The fourth-order valence-corrected chi connectivity index (χ4v) is 9.80. The van der Waals surface area contributed by atoms with Crippen molar-refractivity contribution in [1.29, 1.82) is 0 Å². The standard InChI is InChI=1S/C58H39NS/c1-3-14-40(15-4-1)47-35-48(41-16-5-2-6-17-41)37-49(36-47)42-28-30-50(31-29-42)59(52-32-33-56-55-25-9-10-27-57(55)60-58(56)39-52)51-23-12-21-45(38-51)44-20-11-22-46(34-44)54-26-13-19-43-18-7-8-24-53(43)54/h1-39H. The quantitative estimate of drug-likeness (QED) is 0.148. The molecule has 0 aliphatic heterocycles. The van der Waals surface area contributed by atoms with Crippen LogP contribution >= 0.6 is 11.3 Å². The van der Waals surface area contributed by atoms with Gasteiger partial charge in [-0.25, -0.2) is 0 Å². The molecule has 0 radical (unpaired) electrons. The molecule has 0 aliphatic carbocycles. The van der Waals surface area contributed by atoms with E-state index < -0.39 is 0 Å². The monoisotopic (exact) mass is 781 g/mol. The average molecular weight is 782 g/mol. The van der Waals surface area contributed by atoms with Crippen LogP contribution < -0.4 is 4.90 Å². The lowest BCUT2D eigenvalue weighted by molar-refractivity contribution is 1.29. The lowest BCUT2D eigenvalue weighted by Crippen LogP contribution is -2.10. The second-order valence-corrected chi connectivity index (χ2v) is 16.4. The second-order valence-electron chi connectivity index (χ2n) is 15.3. The van der Waals surface area contributed by atoms with Gasteiger partial charge in [-0.1, -0.05) is 170 Å². The molecule has 60 heavy (non-hydrogen) atoms. The van der Waals surface area contributed by atoms with Crippen LogP contribution in [0.25, 0.3) is 86.6 Å². The highest BCUT2D eigenvalue weighted by Crippen LogP contribution is 2.43. The number of anilines is 3. The first kappa shape index (κ1) is 35.6. The Labute approximate surface area is 354 Å². The zero-order valence-corrected chi connectivity index (χ0v) is 33.7. The van der Waals surface area contributed by atoms with Crippen molar-refractivity contribution in [2.45, 2.75) is 0 Å². The van der Waals surface area contributed by atoms with E-state index in [-0.39, 0.29) is 0 Å². The van der Waals surface area contributed by atoms with Crippen molar-refractivity contribution < 1.29 is 0 Å². The Hall–Kier alpha value is -7.52. The van der Waals surface area contributed by atoms with Crippen LogP contribution in [-0.4, -0.2) is 0 Å². The summed E-state index contributed by atoms with van der Waals surface area (Å²) in [6.07, 6.45) is 0. The molecule has 0 spiro atoms. The van der Waals surface area contributed by atoms with Gasteiger partial charge in [0.1, 0.15) is 0 Å². The maximum atomic E-state index is 2.40. The van der Waals surface area contributed by atoms with Gasteiger partial charge in [-0.15, -0.1) is 11.3 Å². The molecule has 0 saturated carbocycles. The van der Waals surface area contributed by atoms with Crippen molar-refractivity contribution in [3.05, 3.63) is 237 Å². The zero-order valence-electron chi connectivity index (χ0n) is 32.9. The van der Waals surface area contributed by atoms with Crippen LogP contribution in [0.3, 0.4) is 0 Å². The Kier molecular flexibility index (Phi) is 9.11. The van der Waals surface area contributed by atoms with E-state index in [1.807, 2.05) is 11.3 Å². The molecular weight excluding hydrogens is 743 g/mol. The first-order valence-corrected chi connectivity index (χ1v) is 21.3. The average Bonchev–Trinajstić information content (AvgIpc) is 3.70. The molecule has 2 heteroatoms. The molecule has 1 nitrogen and oxygen atoms in total. The molecule has 0 saturated heterocycles. The number of thiophene rings is 1. The molecule has 0 N–H and O–H groups in total. The summed E-state index contributed by atoms with van der Waals surface area (Å²) in [5.74, 6) is 0. The van der Waals surface area contributed by atoms with Gasteiger partial charge < -0.3 is 4.90 Å². The van der Waals surface area contributed by atoms with E-state index in [9.17, 15) is 0 Å². The van der Waals surface area contributed by atoms with Gasteiger partial charge in [0.25, 0.3) is 0 Å². The van der Waals surface area contributed by atoms with Crippen molar-refractivity contribution in [2.24, 2.45) is 0 Å². The molecule has 0 amide bonds. The molecule has 11 aromatic rings. The van der Waals surface area contributed by atoms with Gasteiger partial charge in [0.05, 0.1) is 0 Å². The highest BCUT2D eigenvalue weighted by atomic mass is 32.1. The molecule has 11 rings (SSSR count). The number of nitrogens with zero attached hydrogens (tertiary/aromatic N) is 1. The van der Waals surface area contributed by atoms with Crippen LogP contribution in [0.5, 0.6) is 0 Å². The van der Waals surface area contributed by atoms with Crippen LogP contribution in [0.4, 0.5) is 17.1 Å². The summed E-state index contributed by atoms with van der Waals surface area (Å²) >= 11 is 1.86. The smallest absolute Gasteiger partial charge is 0.0476 e. The van der Waals surface area contributed by atoms with Gasteiger partial charge in [-0.05, 0) is 133 Å². The van der Waals surface area contributed by atoms with Gasteiger partial charge in [-0.3, -0.25) is 0 Å².